The quantitative estimate of drug-likeness (QED) is 0.638. The van der Waals surface area contributed by atoms with Gasteiger partial charge in [-0.15, -0.1) is 0 Å². The number of rotatable bonds is 3. The van der Waals surface area contributed by atoms with Crippen LogP contribution < -0.4 is 10.6 Å². The Morgan fingerprint density at radius 3 is 2.20 bits per heavy atom. The summed E-state index contributed by atoms with van der Waals surface area (Å²) in [6, 6.07) is 13.2. The Hall–Kier alpha value is -0.850. The maximum absolute atomic E-state index is 11.9. The van der Waals surface area contributed by atoms with Gasteiger partial charge in [-0.05, 0) is 49.6 Å². The van der Waals surface area contributed by atoms with Crippen molar-refractivity contribution < 1.29 is 4.79 Å². The molecule has 0 atom stereocenters. The molecule has 0 fully saturated rings. The molecule has 0 aromatic heterocycles. The molecule has 0 radical (unpaired) electrons. The van der Waals surface area contributed by atoms with Crippen molar-refractivity contribution >= 4 is 59.5 Å². The number of halogens is 3. The minimum absolute atomic E-state index is 0.252. The first-order valence-corrected chi connectivity index (χ1v) is 8.17. The minimum Gasteiger partial charge on any atom is -0.334 e. The molecule has 2 aromatic carbocycles. The Morgan fingerprint density at radius 2 is 1.60 bits per heavy atom. The first kappa shape index (κ1) is 15.5. The van der Waals surface area contributed by atoms with Crippen LogP contribution in [0, 0.1) is 0 Å². The lowest BCUT2D eigenvalue weighted by Crippen LogP contribution is -2.28. The number of anilines is 1. The third kappa shape index (κ3) is 4.33. The van der Waals surface area contributed by atoms with Crippen molar-refractivity contribution in [2.24, 2.45) is 0 Å². The first-order chi connectivity index (χ1) is 9.56. The van der Waals surface area contributed by atoms with Gasteiger partial charge in [-0.1, -0.05) is 46.3 Å². The molecule has 0 unspecified atom stereocenters. The highest BCUT2D eigenvalue weighted by Gasteiger charge is 2.10. The minimum atomic E-state index is -0.252. The lowest BCUT2D eigenvalue weighted by atomic mass is 10.2. The predicted molar refractivity (Wildman–Crippen MR) is 91.8 cm³/mol. The van der Waals surface area contributed by atoms with Crippen molar-refractivity contribution in [1.29, 1.82) is 0 Å². The number of hydrogen-bond donors (Lipinski definition) is 2. The van der Waals surface area contributed by atoms with E-state index in [0.717, 1.165) is 19.0 Å². The summed E-state index contributed by atoms with van der Waals surface area (Å²) < 4.78 is 2.52. The number of amides is 2. The molecule has 2 rings (SSSR count). The fraction of sp³-hybridized carbons (Fsp3) is 0.0714. The molecular weight excluding hydrogens is 452 g/mol. The van der Waals surface area contributed by atoms with Gasteiger partial charge < -0.3 is 10.6 Å². The van der Waals surface area contributed by atoms with E-state index in [2.05, 4.69) is 58.4 Å². The predicted octanol–water partition coefficient (Wildman–Crippen LogP) is 5.30. The molecule has 0 saturated carbocycles. The van der Waals surface area contributed by atoms with Gasteiger partial charge in [0.2, 0.25) is 0 Å². The molecule has 0 aliphatic rings. The number of benzene rings is 2. The van der Waals surface area contributed by atoms with E-state index in [1.165, 1.54) is 0 Å². The van der Waals surface area contributed by atoms with Crippen molar-refractivity contribution in [3.05, 3.63) is 61.4 Å². The van der Waals surface area contributed by atoms with Crippen LogP contribution in [0.15, 0.2) is 55.9 Å². The third-order valence-electron chi connectivity index (χ3n) is 2.54. The average molecular weight is 463 g/mol. The van der Waals surface area contributed by atoms with E-state index >= 15 is 0 Å². The molecule has 2 aromatic rings. The molecule has 3 nitrogen and oxygen atoms in total. The van der Waals surface area contributed by atoms with E-state index in [9.17, 15) is 4.79 Å². The molecular formula is C14H11Br3N2O. The van der Waals surface area contributed by atoms with E-state index < -0.39 is 0 Å². The third-order valence-corrected chi connectivity index (χ3v) is 4.25. The molecule has 0 saturated heterocycles. The summed E-state index contributed by atoms with van der Waals surface area (Å²) in [4.78, 5) is 11.9. The largest absolute Gasteiger partial charge is 0.334 e. The van der Waals surface area contributed by atoms with Crippen LogP contribution in [0.25, 0.3) is 0 Å². The van der Waals surface area contributed by atoms with Crippen molar-refractivity contribution in [3.63, 3.8) is 0 Å². The van der Waals surface area contributed by atoms with E-state index in [1.54, 1.807) is 0 Å². The van der Waals surface area contributed by atoms with Crippen LogP contribution in [0.5, 0.6) is 0 Å². The maximum Gasteiger partial charge on any atom is 0.319 e. The van der Waals surface area contributed by atoms with E-state index in [4.69, 9.17) is 0 Å². The second-order valence-electron chi connectivity index (χ2n) is 4.04. The highest BCUT2D eigenvalue weighted by atomic mass is 79.9. The zero-order chi connectivity index (χ0) is 14.5. The highest BCUT2D eigenvalue weighted by Crippen LogP contribution is 2.34. The van der Waals surface area contributed by atoms with E-state index in [1.807, 2.05) is 42.5 Å². The molecule has 2 N–H and O–H groups in total. The van der Waals surface area contributed by atoms with Crippen molar-refractivity contribution in [2.45, 2.75) is 6.54 Å². The summed E-state index contributed by atoms with van der Waals surface area (Å²) in [6.45, 7) is 0.485. The van der Waals surface area contributed by atoms with Gasteiger partial charge in [0.15, 0.2) is 0 Å². The van der Waals surface area contributed by atoms with Crippen LogP contribution in [-0.4, -0.2) is 6.03 Å². The lowest BCUT2D eigenvalue weighted by molar-refractivity contribution is 0.251. The zero-order valence-electron chi connectivity index (χ0n) is 10.3. The Morgan fingerprint density at radius 1 is 1.00 bits per heavy atom. The van der Waals surface area contributed by atoms with Crippen molar-refractivity contribution in [3.8, 4) is 0 Å². The van der Waals surface area contributed by atoms with Gasteiger partial charge in [0.1, 0.15) is 0 Å². The van der Waals surface area contributed by atoms with E-state index in [-0.39, 0.29) is 6.03 Å². The monoisotopic (exact) mass is 460 g/mol. The molecule has 0 aliphatic heterocycles. The molecule has 0 bridgehead atoms. The normalized spacial score (nSPS) is 10.2. The summed E-state index contributed by atoms with van der Waals surface area (Å²) in [6.07, 6.45) is 0. The Kier molecular flexibility index (Phi) is 5.63. The van der Waals surface area contributed by atoms with Crippen LogP contribution in [0.1, 0.15) is 5.56 Å². The molecule has 6 heteroatoms. The van der Waals surface area contributed by atoms with Crippen molar-refractivity contribution in [2.75, 3.05) is 5.32 Å². The number of urea groups is 1. The smallest absolute Gasteiger partial charge is 0.319 e. The van der Waals surface area contributed by atoms with Gasteiger partial charge in [0, 0.05) is 20.0 Å². The summed E-state index contributed by atoms with van der Waals surface area (Å²) in [5.74, 6) is 0. The molecule has 20 heavy (non-hydrogen) atoms. The van der Waals surface area contributed by atoms with Crippen LogP contribution >= 0.6 is 47.8 Å². The molecule has 104 valence electrons. The summed E-state index contributed by atoms with van der Waals surface area (Å²) in [7, 11) is 0. The molecule has 2 amide bonds. The standard InChI is InChI=1S/C14H11Br3N2O/c15-10-6-11(16)13(12(17)7-10)19-14(20)18-8-9-4-2-1-3-5-9/h1-7H,8H2,(H2,18,19,20). The summed E-state index contributed by atoms with van der Waals surface area (Å²) >= 11 is 10.2. The fourth-order valence-corrected chi connectivity index (χ4v) is 4.05. The van der Waals surface area contributed by atoms with Gasteiger partial charge in [-0.2, -0.15) is 0 Å². The first-order valence-electron chi connectivity index (χ1n) is 5.79. The number of nitrogens with one attached hydrogen (secondary N) is 2. The SMILES string of the molecule is O=C(NCc1ccccc1)Nc1c(Br)cc(Br)cc1Br. The van der Waals surface area contributed by atoms with Gasteiger partial charge in [-0.25, -0.2) is 4.79 Å². The molecule has 0 aliphatic carbocycles. The van der Waals surface area contributed by atoms with Crippen LogP contribution in [0.3, 0.4) is 0 Å². The van der Waals surface area contributed by atoms with Crippen molar-refractivity contribution in [1.82, 2.24) is 5.32 Å². The summed E-state index contributed by atoms with van der Waals surface area (Å²) in [5.41, 5.74) is 1.75. The Labute approximate surface area is 142 Å². The number of hydrogen-bond acceptors (Lipinski definition) is 1. The lowest BCUT2D eigenvalue weighted by Gasteiger charge is -2.11. The molecule has 0 heterocycles. The maximum atomic E-state index is 11.9. The second-order valence-corrected chi connectivity index (χ2v) is 6.66. The second kappa shape index (κ2) is 7.24. The number of carbonyl (C=O) groups is 1. The van der Waals surface area contributed by atoms with E-state index in [0.29, 0.717) is 12.2 Å². The fourth-order valence-electron chi connectivity index (χ4n) is 1.60. The van der Waals surface area contributed by atoms with Crippen LogP contribution in [-0.2, 0) is 6.54 Å². The van der Waals surface area contributed by atoms with Gasteiger partial charge in [0.25, 0.3) is 0 Å². The van der Waals surface area contributed by atoms with Crippen LogP contribution in [0.2, 0.25) is 0 Å². The molecule has 0 spiro atoms. The number of carbonyl (C=O) groups excluding carboxylic acids is 1. The zero-order valence-corrected chi connectivity index (χ0v) is 15.0. The average Bonchev–Trinajstić information content (AvgIpc) is 2.42. The Bertz CT molecular complexity index is 594. The highest BCUT2D eigenvalue weighted by molar-refractivity contribution is 9.11. The van der Waals surface area contributed by atoms with Gasteiger partial charge in [-0.3, -0.25) is 0 Å². The van der Waals surface area contributed by atoms with Crippen LogP contribution in [0.4, 0.5) is 10.5 Å². The van der Waals surface area contributed by atoms with Gasteiger partial charge in [0.05, 0.1) is 5.69 Å². The Balaban J connectivity index is 1.98. The van der Waals surface area contributed by atoms with Gasteiger partial charge >= 0.3 is 6.03 Å². The summed E-state index contributed by atoms with van der Waals surface area (Å²) in [5, 5.41) is 5.62. The topological polar surface area (TPSA) is 41.1 Å².